The number of benzene rings is 2. The maximum Gasteiger partial charge on any atom is 0.323 e. The lowest BCUT2D eigenvalue weighted by atomic mass is 9.90. The van der Waals surface area contributed by atoms with E-state index < -0.39 is 5.97 Å². The van der Waals surface area contributed by atoms with Crippen molar-refractivity contribution in [1.29, 1.82) is 0 Å². The van der Waals surface area contributed by atoms with Crippen molar-refractivity contribution in [2.75, 3.05) is 11.9 Å². The van der Waals surface area contributed by atoms with Crippen molar-refractivity contribution >= 4 is 43.6 Å². The van der Waals surface area contributed by atoms with E-state index in [-0.39, 0.29) is 18.4 Å². The summed E-state index contributed by atoms with van der Waals surface area (Å²) in [4.78, 5) is 18.4. The van der Waals surface area contributed by atoms with Crippen LogP contribution in [0, 0.1) is 5.82 Å². The first-order valence-corrected chi connectivity index (χ1v) is 10.4. The maximum atomic E-state index is 14.0. The van der Waals surface area contributed by atoms with Crippen LogP contribution in [0.3, 0.4) is 0 Å². The van der Waals surface area contributed by atoms with Crippen LogP contribution in [0.15, 0.2) is 42.5 Å². The fraction of sp³-hybridized carbons (Fsp3) is 0.273. The van der Waals surface area contributed by atoms with Crippen LogP contribution >= 0.6 is 11.3 Å². The van der Waals surface area contributed by atoms with Crippen LogP contribution < -0.4 is 4.90 Å². The third kappa shape index (κ3) is 3.06. The topological polar surface area (TPSA) is 58.4 Å². The number of fused-ring (bicyclic) bond motifs is 4. The van der Waals surface area contributed by atoms with Gasteiger partial charge in [-0.1, -0.05) is 23.5 Å². The molecule has 1 aliphatic rings. The third-order valence-electron chi connectivity index (χ3n) is 5.83. The minimum atomic E-state index is -0.886. The standard InChI is InChI=1S/C22H20FN3O2S/c1-25(22-24-17-4-2-3-5-20(17)29-22)14-7-9-19-16(11-14)15-10-13(23)6-8-18(15)26(19)12-21(27)28/h2-6,8,10,14H,7,9,11-12H2,1H3,(H,27,28)/t14-/m0/s1. The molecule has 2 aromatic heterocycles. The predicted molar refractivity (Wildman–Crippen MR) is 113 cm³/mol. The SMILES string of the molecule is CN(c1nc2ccccc2s1)[C@H]1CCc2c(c3cc(F)ccc3n2CC(=O)O)C1. The summed E-state index contributed by atoms with van der Waals surface area (Å²) in [5.41, 5.74) is 3.87. The van der Waals surface area contributed by atoms with Gasteiger partial charge in [-0.3, -0.25) is 4.79 Å². The van der Waals surface area contributed by atoms with Gasteiger partial charge in [0.2, 0.25) is 0 Å². The fourth-order valence-corrected chi connectivity index (χ4v) is 5.42. The number of halogens is 1. The number of aromatic nitrogens is 2. The highest BCUT2D eigenvalue weighted by Crippen LogP contribution is 2.36. The molecule has 0 bridgehead atoms. The predicted octanol–water partition coefficient (Wildman–Crippen LogP) is 4.47. The smallest absolute Gasteiger partial charge is 0.323 e. The van der Waals surface area contributed by atoms with E-state index in [4.69, 9.17) is 4.98 Å². The molecule has 0 saturated heterocycles. The summed E-state index contributed by atoms with van der Waals surface area (Å²) >= 11 is 1.67. The largest absolute Gasteiger partial charge is 0.480 e. The molecular weight excluding hydrogens is 389 g/mol. The molecule has 0 spiro atoms. The van der Waals surface area contributed by atoms with Gasteiger partial charge in [0.1, 0.15) is 12.4 Å². The Balaban J connectivity index is 1.53. The van der Waals surface area contributed by atoms with Crippen LogP contribution in [-0.4, -0.2) is 33.7 Å². The molecule has 1 atom stereocenters. The van der Waals surface area contributed by atoms with E-state index in [9.17, 15) is 14.3 Å². The van der Waals surface area contributed by atoms with Crippen molar-refractivity contribution in [3.05, 3.63) is 59.5 Å². The molecule has 148 valence electrons. The van der Waals surface area contributed by atoms with E-state index in [1.165, 1.54) is 12.1 Å². The number of nitrogens with zero attached hydrogens (tertiary/aromatic N) is 3. The van der Waals surface area contributed by atoms with Gasteiger partial charge in [0.05, 0.1) is 10.2 Å². The maximum absolute atomic E-state index is 14.0. The number of para-hydroxylation sites is 1. The summed E-state index contributed by atoms with van der Waals surface area (Å²) in [5, 5.41) is 11.1. The molecule has 0 fully saturated rings. The van der Waals surface area contributed by atoms with Gasteiger partial charge in [-0.25, -0.2) is 9.37 Å². The van der Waals surface area contributed by atoms with E-state index in [0.717, 1.165) is 56.8 Å². The van der Waals surface area contributed by atoms with Crippen LogP contribution in [0.2, 0.25) is 0 Å². The molecule has 5 nitrogen and oxygen atoms in total. The zero-order valence-electron chi connectivity index (χ0n) is 15.9. The summed E-state index contributed by atoms with van der Waals surface area (Å²) in [5.74, 6) is -1.18. The molecule has 1 N–H and O–H groups in total. The monoisotopic (exact) mass is 409 g/mol. The Labute approximate surface area is 171 Å². The average Bonchev–Trinajstić information content (AvgIpc) is 3.26. The fourth-order valence-electron chi connectivity index (χ4n) is 4.42. The molecule has 29 heavy (non-hydrogen) atoms. The second-order valence-corrected chi connectivity index (χ2v) is 8.55. The highest BCUT2D eigenvalue weighted by Gasteiger charge is 2.29. The minimum Gasteiger partial charge on any atom is -0.480 e. The number of aliphatic carboxylic acids is 1. The van der Waals surface area contributed by atoms with E-state index in [1.807, 2.05) is 22.8 Å². The first kappa shape index (κ1) is 18.1. The average molecular weight is 409 g/mol. The molecule has 4 aromatic rings. The van der Waals surface area contributed by atoms with Gasteiger partial charge in [-0.2, -0.15) is 0 Å². The minimum absolute atomic E-state index is 0.101. The van der Waals surface area contributed by atoms with Crippen molar-refractivity contribution < 1.29 is 14.3 Å². The molecule has 0 unspecified atom stereocenters. The number of rotatable bonds is 4. The molecular formula is C22H20FN3O2S. The molecule has 0 amide bonds. The Kier molecular flexibility index (Phi) is 4.28. The summed E-state index contributed by atoms with van der Waals surface area (Å²) in [6.45, 7) is -0.101. The number of thiazole rings is 1. The Bertz CT molecular complexity index is 1210. The molecule has 0 aliphatic heterocycles. The lowest BCUT2D eigenvalue weighted by Crippen LogP contribution is -2.36. The molecule has 2 aromatic carbocycles. The van der Waals surface area contributed by atoms with Gasteiger partial charge in [0.25, 0.3) is 0 Å². The Hall–Kier alpha value is -2.93. The highest BCUT2D eigenvalue weighted by atomic mass is 32.1. The highest BCUT2D eigenvalue weighted by molar-refractivity contribution is 7.22. The number of anilines is 1. The van der Waals surface area contributed by atoms with Gasteiger partial charge in [-0.05, 0) is 55.2 Å². The zero-order valence-corrected chi connectivity index (χ0v) is 16.7. The number of hydrogen-bond acceptors (Lipinski definition) is 4. The van der Waals surface area contributed by atoms with Crippen LogP contribution in [0.1, 0.15) is 17.7 Å². The molecule has 2 heterocycles. The second-order valence-electron chi connectivity index (χ2n) is 7.54. The number of hydrogen-bond donors (Lipinski definition) is 1. The third-order valence-corrected chi connectivity index (χ3v) is 6.96. The summed E-state index contributed by atoms with van der Waals surface area (Å²) in [6.07, 6.45) is 2.41. The van der Waals surface area contributed by atoms with Gasteiger partial charge < -0.3 is 14.6 Å². The van der Waals surface area contributed by atoms with Crippen molar-refractivity contribution in [3.63, 3.8) is 0 Å². The molecule has 1 aliphatic carbocycles. The number of likely N-dealkylation sites (N-methyl/N-ethyl adjacent to an activating group) is 1. The lowest BCUT2D eigenvalue weighted by molar-refractivity contribution is -0.137. The van der Waals surface area contributed by atoms with E-state index >= 15 is 0 Å². The van der Waals surface area contributed by atoms with Gasteiger partial charge >= 0.3 is 5.97 Å². The normalized spacial score (nSPS) is 16.3. The summed E-state index contributed by atoms with van der Waals surface area (Å²) < 4.78 is 17.0. The van der Waals surface area contributed by atoms with Crippen LogP contribution in [0.5, 0.6) is 0 Å². The van der Waals surface area contributed by atoms with Gasteiger partial charge in [-0.15, -0.1) is 0 Å². The van der Waals surface area contributed by atoms with Crippen LogP contribution in [-0.2, 0) is 24.2 Å². The number of carboxylic acids is 1. The van der Waals surface area contributed by atoms with E-state index in [1.54, 1.807) is 17.4 Å². The van der Waals surface area contributed by atoms with Crippen molar-refractivity contribution in [3.8, 4) is 0 Å². The zero-order chi connectivity index (χ0) is 20.1. The summed E-state index contributed by atoms with van der Waals surface area (Å²) in [6, 6.07) is 13.0. The van der Waals surface area contributed by atoms with E-state index in [2.05, 4.69) is 18.0 Å². The molecule has 5 rings (SSSR count). The Morgan fingerprint density at radius 3 is 2.97 bits per heavy atom. The summed E-state index contributed by atoms with van der Waals surface area (Å²) in [7, 11) is 2.06. The van der Waals surface area contributed by atoms with Crippen LogP contribution in [0.25, 0.3) is 21.1 Å². The second kappa shape index (κ2) is 6.84. The Morgan fingerprint density at radius 1 is 1.34 bits per heavy atom. The quantitative estimate of drug-likeness (QED) is 0.540. The lowest BCUT2D eigenvalue weighted by Gasteiger charge is -2.31. The number of carbonyl (C=O) groups is 1. The van der Waals surface area contributed by atoms with Crippen LogP contribution in [0.4, 0.5) is 9.52 Å². The molecule has 0 radical (unpaired) electrons. The molecule has 7 heteroatoms. The van der Waals surface area contributed by atoms with Gasteiger partial charge in [0, 0.05) is 29.7 Å². The number of carboxylic acid groups (broad SMARTS) is 1. The van der Waals surface area contributed by atoms with Crippen molar-refractivity contribution in [2.24, 2.45) is 0 Å². The van der Waals surface area contributed by atoms with Crippen molar-refractivity contribution in [2.45, 2.75) is 31.8 Å². The van der Waals surface area contributed by atoms with Gasteiger partial charge in [0.15, 0.2) is 5.13 Å². The van der Waals surface area contributed by atoms with E-state index in [0.29, 0.717) is 0 Å². The first-order chi connectivity index (χ1) is 14.0. The molecule has 0 saturated carbocycles. The Morgan fingerprint density at radius 2 is 2.17 bits per heavy atom. The van der Waals surface area contributed by atoms with Crippen molar-refractivity contribution in [1.82, 2.24) is 9.55 Å². The first-order valence-electron chi connectivity index (χ1n) is 9.61.